The fourth-order valence-corrected chi connectivity index (χ4v) is 3.50. The van der Waals surface area contributed by atoms with Crippen molar-refractivity contribution in [1.29, 1.82) is 0 Å². The highest BCUT2D eigenvalue weighted by Gasteiger charge is 2.35. The van der Waals surface area contributed by atoms with Gasteiger partial charge in [0.25, 0.3) is 0 Å². The van der Waals surface area contributed by atoms with E-state index in [1.807, 2.05) is 0 Å². The highest BCUT2D eigenvalue weighted by atomic mass is 32.2. The molecule has 0 fully saturated rings. The van der Waals surface area contributed by atoms with Crippen LogP contribution >= 0.6 is 0 Å². The molecule has 1 aromatic rings. The molecule has 1 aliphatic rings. The summed E-state index contributed by atoms with van der Waals surface area (Å²) in [7, 11) is -0.721. The number of hydrogen-bond acceptors (Lipinski definition) is 2. The topological polar surface area (TPSA) is 29.1 Å². The van der Waals surface area contributed by atoms with Gasteiger partial charge < -0.3 is 5.32 Å². The minimum Gasteiger partial charge on any atom is -0.309 e. The van der Waals surface area contributed by atoms with Gasteiger partial charge in [0, 0.05) is 28.3 Å². The smallest absolute Gasteiger partial charge is 0.0374 e. The van der Waals surface area contributed by atoms with Gasteiger partial charge in [-0.15, -0.1) is 0 Å². The van der Waals surface area contributed by atoms with E-state index in [1.165, 1.54) is 24.0 Å². The summed E-state index contributed by atoms with van der Waals surface area (Å²) in [5.41, 5.74) is 3.22. The quantitative estimate of drug-likeness (QED) is 0.901. The van der Waals surface area contributed by atoms with E-state index in [1.54, 1.807) is 6.26 Å². The second kappa shape index (κ2) is 6.40. The summed E-state index contributed by atoms with van der Waals surface area (Å²) >= 11 is 0. The third-order valence-corrected chi connectivity index (χ3v) is 6.02. The van der Waals surface area contributed by atoms with E-state index in [9.17, 15) is 4.21 Å². The number of hydrogen-bond donors (Lipinski definition) is 1. The van der Waals surface area contributed by atoms with Crippen molar-refractivity contribution in [3.8, 4) is 0 Å². The molecule has 20 heavy (non-hydrogen) atoms. The monoisotopic (exact) mass is 293 g/mol. The van der Waals surface area contributed by atoms with E-state index >= 15 is 0 Å². The molecule has 0 aromatic heterocycles. The second-order valence-corrected chi connectivity index (χ2v) is 8.47. The number of rotatable bonds is 5. The van der Waals surface area contributed by atoms with Crippen LogP contribution in [0.25, 0.3) is 0 Å². The Bertz CT molecular complexity index is 484. The summed E-state index contributed by atoms with van der Waals surface area (Å²) < 4.78 is 11.4. The predicted molar refractivity (Wildman–Crippen MR) is 87.4 cm³/mol. The molecule has 112 valence electrons. The van der Waals surface area contributed by atoms with Crippen molar-refractivity contribution in [3.05, 3.63) is 35.4 Å². The molecule has 1 aromatic carbocycles. The van der Waals surface area contributed by atoms with Crippen LogP contribution in [0.15, 0.2) is 24.3 Å². The van der Waals surface area contributed by atoms with Gasteiger partial charge in [-0.1, -0.05) is 45.0 Å². The first-order chi connectivity index (χ1) is 9.42. The van der Waals surface area contributed by atoms with E-state index in [0.717, 1.165) is 13.0 Å². The molecular formula is C17H27NOS. The van der Waals surface area contributed by atoms with Crippen LogP contribution in [-0.4, -0.2) is 22.3 Å². The van der Waals surface area contributed by atoms with Crippen LogP contribution in [0.3, 0.4) is 0 Å². The van der Waals surface area contributed by atoms with Crippen LogP contribution in [0.5, 0.6) is 0 Å². The van der Waals surface area contributed by atoms with Gasteiger partial charge in [0.2, 0.25) is 0 Å². The Balaban J connectivity index is 2.06. The summed E-state index contributed by atoms with van der Waals surface area (Å²) in [6.07, 6.45) is 5.16. The average Bonchev–Trinajstić information content (AvgIpc) is 2.40. The molecule has 0 saturated carbocycles. The average molecular weight is 293 g/mol. The van der Waals surface area contributed by atoms with E-state index in [0.29, 0.717) is 6.04 Å². The number of benzene rings is 1. The Morgan fingerprint density at radius 3 is 2.80 bits per heavy atom. The standard InChI is InChI=1S/C17H27NOS/c1-13(20(4)19)10-12-18-16-15-8-6-5-7-14(15)9-11-17(16,2)3/h5-8,13,16,18H,9-12H2,1-4H3. The van der Waals surface area contributed by atoms with Gasteiger partial charge in [-0.25, -0.2) is 0 Å². The van der Waals surface area contributed by atoms with E-state index < -0.39 is 10.8 Å². The zero-order chi connectivity index (χ0) is 14.8. The molecule has 0 spiro atoms. The second-order valence-electron chi connectivity index (χ2n) is 6.67. The molecule has 0 radical (unpaired) electrons. The molecule has 2 rings (SSSR count). The van der Waals surface area contributed by atoms with Crippen LogP contribution in [0.4, 0.5) is 0 Å². The zero-order valence-corrected chi connectivity index (χ0v) is 13.9. The maximum atomic E-state index is 11.4. The van der Waals surface area contributed by atoms with Gasteiger partial charge in [0.15, 0.2) is 0 Å². The maximum absolute atomic E-state index is 11.4. The highest BCUT2D eigenvalue weighted by Crippen LogP contribution is 2.43. The van der Waals surface area contributed by atoms with Crippen LogP contribution in [0.1, 0.15) is 50.8 Å². The largest absolute Gasteiger partial charge is 0.309 e. The third-order valence-electron chi connectivity index (χ3n) is 4.65. The van der Waals surface area contributed by atoms with Gasteiger partial charge in [0.05, 0.1) is 0 Å². The minimum atomic E-state index is -0.721. The lowest BCUT2D eigenvalue weighted by Gasteiger charge is -2.41. The fraction of sp³-hybridized carbons (Fsp3) is 0.647. The lowest BCUT2D eigenvalue weighted by atomic mass is 9.70. The van der Waals surface area contributed by atoms with Crippen molar-refractivity contribution in [3.63, 3.8) is 0 Å². The van der Waals surface area contributed by atoms with Crippen molar-refractivity contribution in [2.45, 2.75) is 51.3 Å². The van der Waals surface area contributed by atoms with E-state index in [4.69, 9.17) is 0 Å². The van der Waals surface area contributed by atoms with Crippen molar-refractivity contribution < 1.29 is 4.21 Å². The lowest BCUT2D eigenvalue weighted by Crippen LogP contribution is -2.39. The summed E-state index contributed by atoms with van der Waals surface area (Å²) in [6.45, 7) is 7.70. The molecule has 0 bridgehead atoms. The zero-order valence-electron chi connectivity index (χ0n) is 13.1. The molecule has 3 atom stereocenters. The molecule has 3 heteroatoms. The highest BCUT2D eigenvalue weighted by molar-refractivity contribution is 7.84. The van der Waals surface area contributed by atoms with Gasteiger partial charge >= 0.3 is 0 Å². The molecule has 0 saturated heterocycles. The van der Waals surface area contributed by atoms with E-state index in [-0.39, 0.29) is 10.7 Å². The first-order valence-corrected chi connectivity index (χ1v) is 9.17. The normalized spacial score (nSPS) is 23.9. The molecule has 0 heterocycles. The first kappa shape index (κ1) is 15.7. The molecule has 0 aliphatic heterocycles. The minimum absolute atomic E-state index is 0.268. The van der Waals surface area contributed by atoms with Crippen LogP contribution in [0.2, 0.25) is 0 Å². The number of fused-ring (bicyclic) bond motifs is 1. The predicted octanol–water partition coefficient (Wildman–Crippen LogP) is 3.45. The number of nitrogens with one attached hydrogen (secondary N) is 1. The Morgan fingerprint density at radius 1 is 1.40 bits per heavy atom. The van der Waals surface area contributed by atoms with E-state index in [2.05, 4.69) is 50.4 Å². The van der Waals surface area contributed by atoms with Crippen molar-refractivity contribution in [2.75, 3.05) is 12.8 Å². The third kappa shape index (κ3) is 3.50. The van der Waals surface area contributed by atoms with Gasteiger partial charge in [-0.2, -0.15) is 0 Å². The molecule has 2 nitrogen and oxygen atoms in total. The summed E-state index contributed by atoms with van der Waals surface area (Å²) in [5.74, 6) is 0. The Hall–Kier alpha value is -0.670. The van der Waals surface area contributed by atoms with Gasteiger partial charge in [0.1, 0.15) is 0 Å². The van der Waals surface area contributed by atoms with Crippen LogP contribution < -0.4 is 5.32 Å². The summed E-state index contributed by atoms with van der Waals surface area (Å²) in [6, 6.07) is 9.19. The molecule has 0 amide bonds. The Morgan fingerprint density at radius 2 is 2.10 bits per heavy atom. The molecule has 1 aliphatic carbocycles. The number of aryl methyl sites for hydroxylation is 1. The van der Waals surface area contributed by atoms with Gasteiger partial charge in [-0.05, 0) is 42.3 Å². The van der Waals surface area contributed by atoms with Crippen molar-refractivity contribution in [2.24, 2.45) is 5.41 Å². The van der Waals surface area contributed by atoms with Gasteiger partial charge in [-0.3, -0.25) is 4.21 Å². The first-order valence-electron chi connectivity index (χ1n) is 7.55. The molecular weight excluding hydrogens is 266 g/mol. The fourth-order valence-electron chi connectivity index (χ4n) is 3.05. The van der Waals surface area contributed by atoms with Crippen LogP contribution in [-0.2, 0) is 17.2 Å². The van der Waals surface area contributed by atoms with Crippen molar-refractivity contribution >= 4 is 10.8 Å². The maximum Gasteiger partial charge on any atom is 0.0374 e. The summed E-state index contributed by atoms with van der Waals surface area (Å²) in [5, 5.41) is 3.99. The lowest BCUT2D eigenvalue weighted by molar-refractivity contribution is 0.209. The molecule has 3 unspecified atom stereocenters. The molecule has 1 N–H and O–H groups in total. The van der Waals surface area contributed by atoms with Crippen molar-refractivity contribution in [1.82, 2.24) is 5.32 Å². The Labute approximate surface area is 125 Å². The Kier molecular flexibility index (Phi) is 5.03. The summed E-state index contributed by atoms with van der Waals surface area (Å²) in [4.78, 5) is 0. The SMILES string of the molecule is CC(CCNC1c2ccccc2CCC1(C)C)S(C)=O. The van der Waals surface area contributed by atoms with Crippen LogP contribution in [0, 0.1) is 5.41 Å².